The van der Waals surface area contributed by atoms with E-state index in [0.29, 0.717) is 16.5 Å². The van der Waals surface area contributed by atoms with Crippen LogP contribution < -0.4 is 0 Å². The van der Waals surface area contributed by atoms with Crippen molar-refractivity contribution in [3.8, 4) is 0 Å². The Hall–Kier alpha value is -0.480. The first-order valence-electron chi connectivity index (χ1n) is 4.84. The van der Waals surface area contributed by atoms with Crippen LogP contribution in [0, 0.1) is 0 Å². The van der Waals surface area contributed by atoms with Crippen molar-refractivity contribution in [1.82, 2.24) is 9.97 Å². The molecule has 0 aromatic carbocycles. The average Bonchev–Trinajstić information content (AvgIpc) is 2.39. The normalized spacial score (nSPS) is 20.5. The highest BCUT2D eigenvalue weighted by Gasteiger charge is 2.19. The number of aliphatic imine (C=N–C) groups is 1. The highest BCUT2D eigenvalue weighted by Crippen LogP contribution is 2.23. The first-order valence-corrected chi connectivity index (χ1v) is 6.34. The van der Waals surface area contributed by atoms with Crippen molar-refractivity contribution in [1.29, 1.82) is 0 Å². The number of hydrogen-bond donors (Lipinski definition) is 0. The number of rotatable bonds is 1. The molecule has 3 nitrogen and oxygen atoms in total. The molecule has 0 fully saturated rings. The van der Waals surface area contributed by atoms with Crippen molar-refractivity contribution in [2.24, 2.45) is 4.99 Å². The molecule has 80 valence electrons. The van der Waals surface area contributed by atoms with Crippen molar-refractivity contribution >= 4 is 33.2 Å². The van der Waals surface area contributed by atoms with Crippen LogP contribution in [-0.2, 0) is 6.42 Å². The van der Waals surface area contributed by atoms with E-state index >= 15 is 0 Å². The second-order valence-electron chi connectivity index (χ2n) is 3.58. The molecule has 2 heterocycles. The van der Waals surface area contributed by atoms with Gasteiger partial charge in [-0.3, -0.25) is 4.99 Å². The maximum absolute atomic E-state index is 6.08. The van der Waals surface area contributed by atoms with E-state index in [1.54, 1.807) is 0 Å². The Bertz CT molecular complexity index is 406. The van der Waals surface area contributed by atoms with Crippen LogP contribution in [0.15, 0.2) is 11.3 Å². The third-order valence-electron chi connectivity index (χ3n) is 2.47. The molecule has 0 radical (unpaired) electrons. The van der Waals surface area contributed by atoms with Gasteiger partial charge in [-0.15, -0.1) is 0 Å². The van der Waals surface area contributed by atoms with Crippen LogP contribution in [0.4, 0.5) is 0 Å². The molecule has 2 rings (SSSR count). The minimum atomic E-state index is 0.322. The quantitative estimate of drug-likeness (QED) is 0.588. The van der Waals surface area contributed by atoms with E-state index < -0.39 is 0 Å². The summed E-state index contributed by atoms with van der Waals surface area (Å²) in [5.74, 6) is 0. The number of nitrogens with zero attached hydrogens (tertiary/aromatic N) is 3. The lowest BCUT2D eigenvalue weighted by atomic mass is 10.1. The maximum atomic E-state index is 6.08. The molecule has 1 atom stereocenters. The van der Waals surface area contributed by atoms with Crippen LogP contribution in [0.2, 0.25) is 5.15 Å². The summed E-state index contributed by atoms with van der Waals surface area (Å²) in [6.45, 7) is 2.11. The highest BCUT2D eigenvalue weighted by atomic mass is 79.9. The molecule has 0 saturated carbocycles. The van der Waals surface area contributed by atoms with Gasteiger partial charge >= 0.3 is 0 Å². The van der Waals surface area contributed by atoms with E-state index in [1.807, 2.05) is 0 Å². The fourth-order valence-corrected chi connectivity index (χ4v) is 2.40. The van der Waals surface area contributed by atoms with E-state index in [4.69, 9.17) is 11.6 Å². The van der Waals surface area contributed by atoms with Gasteiger partial charge < -0.3 is 0 Å². The first kappa shape index (κ1) is 11.0. The molecule has 0 N–H and O–H groups in total. The molecule has 1 unspecified atom stereocenters. The van der Waals surface area contributed by atoms with Gasteiger partial charge in [0.05, 0.1) is 17.0 Å². The van der Waals surface area contributed by atoms with E-state index in [1.165, 1.54) is 6.33 Å². The summed E-state index contributed by atoms with van der Waals surface area (Å²) in [6, 6.07) is 0.322. The Morgan fingerprint density at radius 3 is 3.07 bits per heavy atom. The molecule has 5 heteroatoms. The molecule has 1 aromatic rings. The van der Waals surface area contributed by atoms with Crippen LogP contribution in [0.3, 0.4) is 0 Å². The predicted molar refractivity (Wildman–Crippen MR) is 65.2 cm³/mol. The molecular weight excluding hydrogens is 277 g/mol. The van der Waals surface area contributed by atoms with Gasteiger partial charge in [-0.05, 0) is 19.8 Å². The Labute approximate surface area is 102 Å². The third-order valence-corrected chi connectivity index (χ3v) is 3.29. The number of aromatic nitrogens is 2. The predicted octanol–water partition coefficient (Wildman–Crippen LogP) is 2.65. The molecule has 1 aromatic heterocycles. The van der Waals surface area contributed by atoms with Gasteiger partial charge in [-0.1, -0.05) is 27.5 Å². The summed E-state index contributed by atoms with van der Waals surface area (Å²) in [4.78, 5) is 12.9. The molecule has 0 bridgehead atoms. The van der Waals surface area contributed by atoms with Crippen molar-refractivity contribution in [3.05, 3.63) is 22.7 Å². The molecule has 1 aliphatic heterocycles. The lowest BCUT2D eigenvalue weighted by Gasteiger charge is -2.06. The second-order valence-corrected chi connectivity index (χ2v) is 4.50. The van der Waals surface area contributed by atoms with Crippen molar-refractivity contribution in [2.75, 3.05) is 5.33 Å². The monoisotopic (exact) mass is 287 g/mol. The van der Waals surface area contributed by atoms with Gasteiger partial charge in [-0.25, -0.2) is 9.97 Å². The van der Waals surface area contributed by atoms with E-state index in [2.05, 4.69) is 37.8 Å². The SMILES string of the molecule is CC1CCc2ncnc(Cl)c2C(CBr)=N1. The summed E-state index contributed by atoms with van der Waals surface area (Å²) in [5, 5.41) is 1.20. The maximum Gasteiger partial charge on any atom is 0.141 e. The Morgan fingerprint density at radius 2 is 2.33 bits per heavy atom. The zero-order chi connectivity index (χ0) is 10.8. The number of halogens is 2. The second kappa shape index (κ2) is 4.58. The van der Waals surface area contributed by atoms with Crippen molar-refractivity contribution in [2.45, 2.75) is 25.8 Å². The Kier molecular flexibility index (Phi) is 3.36. The standard InChI is InChI=1S/C10H11BrClN3/c1-6-2-3-7-9(8(4-11)15-6)10(12)14-5-13-7/h5-6H,2-4H2,1H3. The van der Waals surface area contributed by atoms with Crippen LogP contribution in [0.5, 0.6) is 0 Å². The van der Waals surface area contributed by atoms with Gasteiger partial charge in [0.2, 0.25) is 0 Å². The van der Waals surface area contributed by atoms with E-state index in [9.17, 15) is 0 Å². The zero-order valence-electron chi connectivity index (χ0n) is 8.37. The fourth-order valence-electron chi connectivity index (χ4n) is 1.71. The summed E-state index contributed by atoms with van der Waals surface area (Å²) >= 11 is 9.52. The number of hydrogen-bond acceptors (Lipinski definition) is 3. The molecule has 0 saturated heterocycles. The lowest BCUT2D eigenvalue weighted by molar-refractivity contribution is 0.668. The topological polar surface area (TPSA) is 38.1 Å². The molecular formula is C10H11BrClN3. The van der Waals surface area contributed by atoms with Crippen LogP contribution >= 0.6 is 27.5 Å². The van der Waals surface area contributed by atoms with Crippen LogP contribution in [-0.4, -0.2) is 27.1 Å². The number of fused-ring (bicyclic) bond motifs is 1. The van der Waals surface area contributed by atoms with Gasteiger partial charge in [0.25, 0.3) is 0 Å². The summed E-state index contributed by atoms with van der Waals surface area (Å²) < 4.78 is 0. The first-order chi connectivity index (χ1) is 7.22. The minimum Gasteiger partial charge on any atom is -0.285 e. The number of alkyl halides is 1. The average molecular weight is 289 g/mol. The van der Waals surface area contributed by atoms with Crippen LogP contribution in [0.25, 0.3) is 0 Å². The molecule has 0 spiro atoms. The van der Waals surface area contributed by atoms with Gasteiger partial charge in [0, 0.05) is 11.4 Å². The van der Waals surface area contributed by atoms with E-state index in [0.717, 1.165) is 29.8 Å². The lowest BCUT2D eigenvalue weighted by Crippen LogP contribution is -2.09. The highest BCUT2D eigenvalue weighted by molar-refractivity contribution is 9.09. The number of aryl methyl sites for hydroxylation is 1. The summed E-state index contributed by atoms with van der Waals surface area (Å²) in [7, 11) is 0. The zero-order valence-corrected chi connectivity index (χ0v) is 10.7. The minimum absolute atomic E-state index is 0.322. The third kappa shape index (κ3) is 2.21. The fraction of sp³-hybridized carbons (Fsp3) is 0.500. The molecule has 0 aliphatic carbocycles. The Balaban J connectivity index is 2.56. The molecule has 15 heavy (non-hydrogen) atoms. The summed E-state index contributed by atoms with van der Waals surface area (Å²) in [6.07, 6.45) is 3.44. The largest absolute Gasteiger partial charge is 0.285 e. The van der Waals surface area contributed by atoms with Gasteiger partial charge in [0.1, 0.15) is 11.5 Å². The van der Waals surface area contributed by atoms with Gasteiger partial charge in [0.15, 0.2) is 0 Å². The molecule has 1 aliphatic rings. The Morgan fingerprint density at radius 1 is 1.53 bits per heavy atom. The summed E-state index contributed by atoms with van der Waals surface area (Å²) in [5.41, 5.74) is 2.89. The van der Waals surface area contributed by atoms with Crippen molar-refractivity contribution in [3.63, 3.8) is 0 Å². The van der Waals surface area contributed by atoms with Crippen molar-refractivity contribution < 1.29 is 0 Å². The molecule has 0 amide bonds. The van der Waals surface area contributed by atoms with Crippen LogP contribution in [0.1, 0.15) is 24.6 Å². The van der Waals surface area contributed by atoms with Gasteiger partial charge in [-0.2, -0.15) is 0 Å². The smallest absolute Gasteiger partial charge is 0.141 e. The van der Waals surface area contributed by atoms with E-state index in [-0.39, 0.29) is 0 Å².